The minimum Gasteiger partial charge on any atom is -0.497 e. The molecule has 1 amide bonds. The number of benzene rings is 1. The van der Waals surface area contributed by atoms with Gasteiger partial charge in [-0.25, -0.2) is 0 Å². The van der Waals surface area contributed by atoms with Gasteiger partial charge in [0.25, 0.3) is 5.91 Å². The largest absolute Gasteiger partial charge is 0.497 e. The lowest BCUT2D eigenvalue weighted by Gasteiger charge is -2.14. The van der Waals surface area contributed by atoms with Gasteiger partial charge in [-0.2, -0.15) is 0 Å². The van der Waals surface area contributed by atoms with Gasteiger partial charge in [0.15, 0.2) is 5.17 Å². The fourth-order valence-electron chi connectivity index (χ4n) is 1.96. The lowest BCUT2D eigenvalue weighted by molar-refractivity contribution is -0.113. The molecule has 1 N–H and O–H groups in total. The van der Waals surface area contributed by atoms with Crippen molar-refractivity contribution in [2.24, 2.45) is 0 Å². The number of thioether (sulfide) groups is 1. The summed E-state index contributed by atoms with van der Waals surface area (Å²) in [5.74, 6) is 1.07. The van der Waals surface area contributed by atoms with E-state index in [9.17, 15) is 4.79 Å². The van der Waals surface area contributed by atoms with E-state index in [0.29, 0.717) is 22.1 Å². The highest BCUT2D eigenvalue weighted by Crippen LogP contribution is 2.35. The number of amides is 1. The third-order valence-corrected chi connectivity index (χ3v) is 3.86. The summed E-state index contributed by atoms with van der Waals surface area (Å²) in [4.78, 5) is 14.2. The van der Waals surface area contributed by atoms with Gasteiger partial charge >= 0.3 is 0 Å². The quantitative estimate of drug-likeness (QED) is 0.883. The summed E-state index contributed by atoms with van der Waals surface area (Å²) in [5.41, 5.74) is 0.640. The average Bonchev–Trinajstić information content (AvgIpc) is 3.09. The fraction of sp³-hybridized carbons (Fsp3) is 0.0667. The van der Waals surface area contributed by atoms with Crippen molar-refractivity contribution < 1.29 is 13.9 Å². The molecule has 2 aromatic rings. The molecule has 0 spiro atoms. The van der Waals surface area contributed by atoms with Crippen molar-refractivity contribution in [3.63, 3.8) is 0 Å². The topological polar surface area (TPSA) is 66.5 Å². The Morgan fingerprint density at radius 1 is 1.29 bits per heavy atom. The highest BCUT2D eigenvalue weighted by molar-refractivity contribution is 8.19. The van der Waals surface area contributed by atoms with Crippen LogP contribution in [0.15, 0.2) is 52.0 Å². The fourth-order valence-corrected chi connectivity index (χ4v) is 2.80. The van der Waals surface area contributed by atoms with Crippen LogP contribution in [0.5, 0.6) is 5.75 Å². The number of rotatable bonds is 3. The molecule has 1 saturated heterocycles. The Morgan fingerprint density at radius 2 is 2.05 bits per heavy atom. The Hall–Kier alpha value is -2.47. The number of carbonyl (C=O) groups is 1. The zero-order valence-corrected chi connectivity index (χ0v) is 12.0. The molecule has 3 rings (SSSR count). The predicted molar refractivity (Wildman–Crippen MR) is 82.5 cm³/mol. The van der Waals surface area contributed by atoms with Crippen molar-refractivity contribution in [3.8, 4) is 5.75 Å². The number of nitrogens with one attached hydrogen (secondary N) is 1. The number of anilines is 1. The molecule has 0 saturated carbocycles. The predicted octanol–water partition coefficient (Wildman–Crippen LogP) is 3.34. The Bertz CT molecular complexity index is 705. The number of furan rings is 1. The number of methoxy groups -OCH3 is 1. The average molecular weight is 300 g/mol. The third-order valence-electron chi connectivity index (χ3n) is 2.97. The van der Waals surface area contributed by atoms with Crippen LogP contribution in [-0.4, -0.2) is 18.2 Å². The lowest BCUT2D eigenvalue weighted by Crippen LogP contribution is -2.27. The van der Waals surface area contributed by atoms with E-state index in [0.717, 1.165) is 11.8 Å². The summed E-state index contributed by atoms with van der Waals surface area (Å²) in [5, 5.41) is 8.17. The molecule has 21 heavy (non-hydrogen) atoms. The van der Waals surface area contributed by atoms with Crippen LogP contribution in [0.25, 0.3) is 6.08 Å². The molecule has 5 nitrogen and oxygen atoms in total. The zero-order chi connectivity index (χ0) is 14.8. The standard InChI is InChI=1S/C15H12N2O3S/c1-19-11-6-4-10(5-7-11)17-14(18)13(21-15(17)16)9-12-3-2-8-20-12/h2-9,16H,1H3/b13-9-,16-15?. The maximum Gasteiger partial charge on any atom is 0.271 e. The van der Waals surface area contributed by atoms with Gasteiger partial charge in [-0.3, -0.25) is 15.1 Å². The van der Waals surface area contributed by atoms with Crippen molar-refractivity contribution in [2.45, 2.75) is 0 Å². The second-order valence-electron chi connectivity index (χ2n) is 4.27. The second-order valence-corrected chi connectivity index (χ2v) is 5.30. The van der Waals surface area contributed by atoms with Crippen LogP contribution in [0.2, 0.25) is 0 Å². The zero-order valence-electron chi connectivity index (χ0n) is 11.2. The first-order valence-electron chi connectivity index (χ1n) is 6.19. The smallest absolute Gasteiger partial charge is 0.271 e. The molecule has 2 heterocycles. The number of carbonyl (C=O) groups excluding carboxylic acids is 1. The lowest BCUT2D eigenvalue weighted by atomic mass is 10.2. The third kappa shape index (κ3) is 2.57. The van der Waals surface area contributed by atoms with E-state index in [2.05, 4.69) is 0 Å². The van der Waals surface area contributed by atoms with Gasteiger partial charge in [0.1, 0.15) is 11.5 Å². The summed E-state index contributed by atoms with van der Waals surface area (Å²) in [7, 11) is 1.58. The Labute approximate surface area is 125 Å². The van der Waals surface area contributed by atoms with Gasteiger partial charge in [0, 0.05) is 6.08 Å². The normalized spacial score (nSPS) is 16.8. The van der Waals surface area contributed by atoms with Crippen LogP contribution in [0.4, 0.5) is 5.69 Å². The van der Waals surface area contributed by atoms with Crippen LogP contribution in [0.1, 0.15) is 5.76 Å². The van der Waals surface area contributed by atoms with E-state index in [1.54, 1.807) is 55.8 Å². The maximum absolute atomic E-state index is 12.4. The van der Waals surface area contributed by atoms with Gasteiger partial charge in [-0.1, -0.05) is 0 Å². The monoisotopic (exact) mass is 300 g/mol. The minimum absolute atomic E-state index is 0.169. The van der Waals surface area contributed by atoms with Crippen LogP contribution >= 0.6 is 11.8 Å². The van der Waals surface area contributed by atoms with Crippen LogP contribution in [-0.2, 0) is 4.79 Å². The Morgan fingerprint density at radius 3 is 2.67 bits per heavy atom. The number of hydrogen-bond acceptors (Lipinski definition) is 5. The van der Waals surface area contributed by atoms with Crippen LogP contribution in [0.3, 0.4) is 0 Å². The molecule has 1 aliphatic rings. The number of amidine groups is 1. The molecular formula is C15H12N2O3S. The highest BCUT2D eigenvalue weighted by Gasteiger charge is 2.33. The summed E-state index contributed by atoms with van der Waals surface area (Å²) in [6.45, 7) is 0. The van der Waals surface area contributed by atoms with Gasteiger partial charge in [0.05, 0.1) is 24.0 Å². The van der Waals surface area contributed by atoms with Gasteiger partial charge in [0.2, 0.25) is 0 Å². The molecule has 1 aromatic heterocycles. The van der Waals surface area contributed by atoms with E-state index in [1.165, 1.54) is 4.90 Å². The second kappa shape index (κ2) is 5.49. The van der Waals surface area contributed by atoms with Crippen molar-refractivity contribution in [3.05, 3.63) is 53.3 Å². The van der Waals surface area contributed by atoms with Crippen LogP contribution in [0, 0.1) is 5.41 Å². The molecule has 1 aromatic carbocycles. The van der Waals surface area contributed by atoms with Crippen LogP contribution < -0.4 is 9.64 Å². The minimum atomic E-state index is -0.230. The first kappa shape index (κ1) is 13.5. The van der Waals surface area contributed by atoms with E-state index >= 15 is 0 Å². The van der Waals surface area contributed by atoms with E-state index < -0.39 is 0 Å². The molecule has 106 valence electrons. The summed E-state index contributed by atoms with van der Waals surface area (Å²) >= 11 is 1.11. The van der Waals surface area contributed by atoms with Crippen molar-refractivity contribution in [1.82, 2.24) is 0 Å². The first-order valence-corrected chi connectivity index (χ1v) is 7.01. The Kier molecular flexibility index (Phi) is 3.53. The number of nitrogens with zero attached hydrogens (tertiary/aromatic N) is 1. The molecule has 1 aliphatic heterocycles. The van der Waals surface area contributed by atoms with Crippen molar-refractivity contribution >= 4 is 34.6 Å². The SMILES string of the molecule is COc1ccc(N2C(=N)S/C(=C\c3ccco3)C2=O)cc1. The summed E-state index contributed by atoms with van der Waals surface area (Å²) in [6, 6.07) is 10.5. The van der Waals surface area contributed by atoms with E-state index in [4.69, 9.17) is 14.6 Å². The number of ether oxygens (including phenoxy) is 1. The maximum atomic E-state index is 12.4. The molecule has 1 fully saturated rings. The van der Waals surface area contributed by atoms with Gasteiger partial charge in [-0.05, 0) is 48.2 Å². The molecule has 0 atom stereocenters. The molecule has 6 heteroatoms. The molecular weight excluding hydrogens is 288 g/mol. The van der Waals surface area contributed by atoms with Gasteiger partial charge < -0.3 is 9.15 Å². The molecule has 0 radical (unpaired) electrons. The van der Waals surface area contributed by atoms with E-state index in [-0.39, 0.29) is 11.1 Å². The van der Waals surface area contributed by atoms with Crippen molar-refractivity contribution in [2.75, 3.05) is 12.0 Å². The highest BCUT2D eigenvalue weighted by atomic mass is 32.2. The molecule has 0 unspecified atom stereocenters. The summed E-state index contributed by atoms with van der Waals surface area (Å²) in [6.07, 6.45) is 3.19. The summed E-state index contributed by atoms with van der Waals surface area (Å²) < 4.78 is 10.3. The Balaban J connectivity index is 1.90. The van der Waals surface area contributed by atoms with E-state index in [1.807, 2.05) is 0 Å². The number of hydrogen-bond donors (Lipinski definition) is 1. The molecule has 0 aliphatic carbocycles. The molecule has 0 bridgehead atoms. The van der Waals surface area contributed by atoms with Crippen molar-refractivity contribution in [1.29, 1.82) is 5.41 Å². The van der Waals surface area contributed by atoms with Gasteiger partial charge in [-0.15, -0.1) is 0 Å². The first-order chi connectivity index (χ1) is 10.2.